The number of rotatable bonds is 5. The van der Waals surface area contributed by atoms with Crippen LogP contribution in [0.3, 0.4) is 0 Å². The highest BCUT2D eigenvalue weighted by atomic mass is 14.1. The summed E-state index contributed by atoms with van der Waals surface area (Å²) in [6.07, 6.45) is 9.03. The lowest BCUT2D eigenvalue weighted by Crippen LogP contribution is -1.92. The van der Waals surface area contributed by atoms with Crippen molar-refractivity contribution in [3.63, 3.8) is 0 Å². The van der Waals surface area contributed by atoms with Crippen molar-refractivity contribution in [2.24, 2.45) is 5.92 Å². The van der Waals surface area contributed by atoms with Gasteiger partial charge < -0.3 is 0 Å². The molecular formula is C20H22. The molecule has 0 spiro atoms. The molecule has 0 heterocycles. The van der Waals surface area contributed by atoms with Crippen molar-refractivity contribution in [2.75, 3.05) is 0 Å². The minimum absolute atomic E-state index is 0.332. The first-order chi connectivity index (χ1) is 9.75. The predicted octanol–water partition coefficient (Wildman–Crippen LogP) is 5.70. The molecule has 0 saturated heterocycles. The van der Waals surface area contributed by atoms with Crippen LogP contribution in [0.25, 0.3) is 6.08 Å². The quantitative estimate of drug-likeness (QED) is 0.607. The Balaban J connectivity index is 2.21. The Morgan fingerprint density at radius 1 is 0.700 bits per heavy atom. The molecule has 102 valence electrons. The van der Waals surface area contributed by atoms with Gasteiger partial charge in [0.15, 0.2) is 0 Å². The van der Waals surface area contributed by atoms with Crippen molar-refractivity contribution in [3.05, 3.63) is 90.0 Å². The Hall–Kier alpha value is -2.08. The van der Waals surface area contributed by atoms with Gasteiger partial charge in [-0.05, 0) is 17.0 Å². The molecule has 0 fully saturated rings. The number of allylic oxidation sites excluding steroid dienone is 3. The molecular weight excluding hydrogens is 240 g/mol. The molecule has 0 heteroatoms. The van der Waals surface area contributed by atoms with Crippen LogP contribution in [0.4, 0.5) is 0 Å². The van der Waals surface area contributed by atoms with E-state index in [1.165, 1.54) is 11.1 Å². The maximum absolute atomic E-state index is 2.29. The van der Waals surface area contributed by atoms with Crippen molar-refractivity contribution < 1.29 is 0 Å². The SMILES string of the molecule is CC(C)C=CC(/C=C/c1ccccc1)c1ccccc1. The average Bonchev–Trinajstić information content (AvgIpc) is 2.49. The van der Waals surface area contributed by atoms with Gasteiger partial charge in [0.05, 0.1) is 0 Å². The summed E-state index contributed by atoms with van der Waals surface area (Å²) in [6, 6.07) is 21.1. The van der Waals surface area contributed by atoms with Crippen LogP contribution in [0.15, 0.2) is 78.9 Å². The van der Waals surface area contributed by atoms with Crippen molar-refractivity contribution in [2.45, 2.75) is 19.8 Å². The van der Waals surface area contributed by atoms with E-state index in [4.69, 9.17) is 0 Å². The van der Waals surface area contributed by atoms with Crippen molar-refractivity contribution in [1.82, 2.24) is 0 Å². The van der Waals surface area contributed by atoms with Crippen molar-refractivity contribution in [3.8, 4) is 0 Å². The average molecular weight is 262 g/mol. The van der Waals surface area contributed by atoms with Gasteiger partial charge in [0.25, 0.3) is 0 Å². The molecule has 0 nitrogen and oxygen atoms in total. The minimum Gasteiger partial charge on any atom is -0.0850 e. The molecule has 0 saturated carbocycles. The normalized spacial score (nSPS) is 13.3. The molecule has 0 aliphatic carbocycles. The molecule has 2 aromatic rings. The first kappa shape index (κ1) is 14.3. The van der Waals surface area contributed by atoms with Crippen LogP contribution in [0.5, 0.6) is 0 Å². The molecule has 2 aromatic carbocycles. The van der Waals surface area contributed by atoms with Gasteiger partial charge in [-0.2, -0.15) is 0 Å². The molecule has 1 unspecified atom stereocenters. The molecule has 1 atom stereocenters. The van der Waals surface area contributed by atoms with E-state index in [0.29, 0.717) is 11.8 Å². The summed E-state index contributed by atoms with van der Waals surface area (Å²) in [6.45, 7) is 4.42. The van der Waals surface area contributed by atoms with E-state index in [2.05, 4.69) is 92.7 Å². The van der Waals surface area contributed by atoms with E-state index in [1.807, 2.05) is 6.07 Å². The van der Waals surface area contributed by atoms with Gasteiger partial charge in [0.1, 0.15) is 0 Å². The Bertz CT molecular complexity index is 547. The summed E-state index contributed by atoms with van der Waals surface area (Å²) in [7, 11) is 0. The second-order valence-electron chi connectivity index (χ2n) is 5.34. The third kappa shape index (κ3) is 4.55. The van der Waals surface area contributed by atoms with Crippen LogP contribution in [-0.4, -0.2) is 0 Å². The van der Waals surface area contributed by atoms with Gasteiger partial charge in [0, 0.05) is 5.92 Å². The maximum atomic E-state index is 2.29. The number of hydrogen-bond donors (Lipinski definition) is 0. The summed E-state index contributed by atoms with van der Waals surface area (Å²) in [5.41, 5.74) is 2.57. The number of benzene rings is 2. The second-order valence-corrected chi connectivity index (χ2v) is 5.34. The van der Waals surface area contributed by atoms with Crippen molar-refractivity contribution >= 4 is 6.08 Å². The summed E-state index contributed by atoms with van der Waals surface area (Å²) < 4.78 is 0. The van der Waals surface area contributed by atoms with Crippen LogP contribution < -0.4 is 0 Å². The van der Waals surface area contributed by atoms with Crippen LogP contribution >= 0.6 is 0 Å². The van der Waals surface area contributed by atoms with Crippen LogP contribution in [0.1, 0.15) is 30.9 Å². The molecule has 0 bridgehead atoms. The summed E-state index contributed by atoms with van der Waals surface area (Å²) >= 11 is 0. The summed E-state index contributed by atoms with van der Waals surface area (Å²) in [5.74, 6) is 0.908. The highest BCUT2D eigenvalue weighted by Gasteiger charge is 2.03. The zero-order chi connectivity index (χ0) is 14.2. The predicted molar refractivity (Wildman–Crippen MR) is 88.6 cm³/mol. The third-order valence-electron chi connectivity index (χ3n) is 3.18. The largest absolute Gasteiger partial charge is 0.0850 e. The first-order valence-corrected chi connectivity index (χ1v) is 7.22. The van der Waals surface area contributed by atoms with Crippen LogP contribution in [-0.2, 0) is 0 Å². The highest BCUT2D eigenvalue weighted by molar-refractivity contribution is 5.51. The zero-order valence-electron chi connectivity index (χ0n) is 12.2. The van der Waals surface area contributed by atoms with Gasteiger partial charge >= 0.3 is 0 Å². The molecule has 2 rings (SSSR count). The lowest BCUT2D eigenvalue weighted by atomic mass is 9.96. The maximum Gasteiger partial charge on any atom is 0.0202 e. The van der Waals surface area contributed by atoms with E-state index >= 15 is 0 Å². The van der Waals surface area contributed by atoms with E-state index in [9.17, 15) is 0 Å². The van der Waals surface area contributed by atoms with Crippen molar-refractivity contribution in [1.29, 1.82) is 0 Å². The lowest BCUT2D eigenvalue weighted by Gasteiger charge is -2.09. The van der Waals surface area contributed by atoms with Crippen LogP contribution in [0.2, 0.25) is 0 Å². The molecule has 0 amide bonds. The third-order valence-corrected chi connectivity index (χ3v) is 3.18. The Kier molecular flexibility index (Phi) is 5.37. The Labute approximate surface area is 122 Å². The van der Waals surface area contributed by atoms with E-state index < -0.39 is 0 Å². The molecule has 0 N–H and O–H groups in total. The molecule has 0 aromatic heterocycles. The zero-order valence-corrected chi connectivity index (χ0v) is 12.2. The smallest absolute Gasteiger partial charge is 0.0202 e. The monoisotopic (exact) mass is 262 g/mol. The van der Waals surface area contributed by atoms with Gasteiger partial charge in [-0.25, -0.2) is 0 Å². The van der Waals surface area contributed by atoms with Gasteiger partial charge in [-0.15, -0.1) is 0 Å². The second kappa shape index (κ2) is 7.49. The molecule has 0 aliphatic rings. The Morgan fingerprint density at radius 2 is 1.30 bits per heavy atom. The van der Waals surface area contributed by atoms with Gasteiger partial charge in [-0.1, -0.05) is 98.8 Å². The number of hydrogen-bond acceptors (Lipinski definition) is 0. The van der Waals surface area contributed by atoms with E-state index in [-0.39, 0.29) is 0 Å². The standard InChI is InChI=1S/C20H22/c1-17(2)13-15-20(19-11-7-4-8-12-19)16-14-18-9-5-3-6-10-18/h3-17,20H,1-2H3/b15-13?,16-14+. The summed E-state index contributed by atoms with van der Waals surface area (Å²) in [5, 5.41) is 0. The minimum atomic E-state index is 0.332. The van der Waals surface area contributed by atoms with E-state index in [1.54, 1.807) is 0 Å². The fourth-order valence-corrected chi connectivity index (χ4v) is 2.08. The molecule has 0 radical (unpaired) electrons. The molecule has 0 aliphatic heterocycles. The Morgan fingerprint density at radius 3 is 1.90 bits per heavy atom. The topological polar surface area (TPSA) is 0 Å². The van der Waals surface area contributed by atoms with Gasteiger partial charge in [-0.3, -0.25) is 0 Å². The lowest BCUT2D eigenvalue weighted by molar-refractivity contribution is 0.823. The first-order valence-electron chi connectivity index (χ1n) is 7.22. The summed E-state index contributed by atoms with van der Waals surface area (Å²) in [4.78, 5) is 0. The fraction of sp³-hybridized carbons (Fsp3) is 0.200. The van der Waals surface area contributed by atoms with Gasteiger partial charge in [0.2, 0.25) is 0 Å². The van der Waals surface area contributed by atoms with E-state index in [0.717, 1.165) is 0 Å². The fourth-order valence-electron chi connectivity index (χ4n) is 2.08. The van der Waals surface area contributed by atoms with Crippen LogP contribution in [0, 0.1) is 5.92 Å². The molecule has 20 heavy (non-hydrogen) atoms. The highest BCUT2D eigenvalue weighted by Crippen LogP contribution is 2.21.